The molecule has 2 amide bonds. The largest absolute Gasteiger partial charge is 0.363 e. The van der Waals surface area contributed by atoms with Crippen LogP contribution in [0.2, 0.25) is 0 Å². The fourth-order valence-corrected chi connectivity index (χ4v) is 5.45. The van der Waals surface area contributed by atoms with E-state index in [4.69, 9.17) is 4.84 Å². The molecule has 184 valence electrons. The molecule has 4 aromatic rings. The summed E-state index contributed by atoms with van der Waals surface area (Å²) >= 11 is 0. The summed E-state index contributed by atoms with van der Waals surface area (Å²) in [5, 5.41) is 0.389. The zero-order valence-electron chi connectivity index (χ0n) is 19.4. The van der Waals surface area contributed by atoms with E-state index < -0.39 is 27.8 Å². The lowest BCUT2D eigenvalue weighted by molar-refractivity contribution is -0.0584. The Labute approximate surface area is 213 Å². The van der Waals surface area contributed by atoms with Crippen LogP contribution in [0.1, 0.15) is 36.6 Å². The minimum Gasteiger partial charge on any atom is -0.324 e. The monoisotopic (exact) mass is 512 g/mol. The predicted molar refractivity (Wildman–Crippen MR) is 135 cm³/mol. The third-order valence-corrected chi connectivity index (χ3v) is 7.57. The summed E-state index contributed by atoms with van der Waals surface area (Å²) in [5.74, 6) is -2.58. The van der Waals surface area contributed by atoms with E-state index in [2.05, 4.69) is 0 Å². The van der Waals surface area contributed by atoms with Gasteiger partial charge in [-0.05, 0) is 48.0 Å². The average Bonchev–Trinajstić information content (AvgIpc) is 3.17. The molecule has 1 aliphatic rings. The normalized spacial score (nSPS) is 12.8. The van der Waals surface area contributed by atoms with Crippen LogP contribution in [0.5, 0.6) is 0 Å². The molecule has 0 atom stereocenters. The number of carbonyl (C=O) groups excluding carboxylic acids is 3. The summed E-state index contributed by atoms with van der Waals surface area (Å²) in [6.07, 6.45) is 0. The maximum absolute atomic E-state index is 13.8. The highest BCUT2D eigenvalue weighted by molar-refractivity contribution is 7.92. The van der Waals surface area contributed by atoms with Gasteiger partial charge in [-0.15, -0.1) is 0 Å². The lowest BCUT2D eigenvalue weighted by Crippen LogP contribution is -2.33. The van der Waals surface area contributed by atoms with Crippen molar-refractivity contribution >= 4 is 33.5 Å². The highest BCUT2D eigenvalue weighted by Crippen LogP contribution is 2.27. The first kappa shape index (κ1) is 24.0. The van der Waals surface area contributed by atoms with Crippen LogP contribution in [0.25, 0.3) is 0 Å². The van der Waals surface area contributed by atoms with E-state index in [9.17, 15) is 22.8 Å². The van der Waals surface area contributed by atoms with Crippen molar-refractivity contribution in [1.82, 2.24) is 5.06 Å². The van der Waals surface area contributed by atoms with Gasteiger partial charge in [0.15, 0.2) is 0 Å². The lowest BCUT2D eigenvalue weighted by atomic mass is 10.1. The van der Waals surface area contributed by atoms with Crippen LogP contribution >= 0.6 is 0 Å². The van der Waals surface area contributed by atoms with Crippen LogP contribution in [-0.4, -0.2) is 31.3 Å². The van der Waals surface area contributed by atoms with Gasteiger partial charge in [-0.25, -0.2) is 13.2 Å². The molecule has 0 unspecified atom stereocenters. The van der Waals surface area contributed by atoms with Gasteiger partial charge in [-0.3, -0.25) is 13.9 Å². The van der Waals surface area contributed by atoms with E-state index in [1.807, 2.05) is 30.3 Å². The molecule has 0 spiro atoms. The fourth-order valence-electron chi connectivity index (χ4n) is 3.95. The van der Waals surface area contributed by atoms with Crippen LogP contribution in [0.3, 0.4) is 0 Å². The fraction of sp³-hybridized carbons (Fsp3) is 0.0357. The van der Waals surface area contributed by atoms with Gasteiger partial charge in [-0.1, -0.05) is 71.8 Å². The van der Waals surface area contributed by atoms with Crippen molar-refractivity contribution in [1.29, 1.82) is 0 Å². The standard InChI is InChI=1S/C28H20N2O6S/c31-26-24-16-7-8-17-25(24)27(32)30(26)36-28(33)21-12-9-15-23(18-21)37(34,35)29(22-13-5-2-6-14-22)19-20-10-3-1-4-11-20/h1-18H,19H2. The highest BCUT2D eigenvalue weighted by Gasteiger charge is 2.39. The van der Waals surface area contributed by atoms with E-state index in [0.29, 0.717) is 10.8 Å². The SMILES string of the molecule is O=C(ON1C(=O)c2ccccc2C1=O)c1cccc(S(=O)(=O)N(Cc2ccccc2)c2ccccc2)c1. The van der Waals surface area contributed by atoms with Crippen molar-refractivity contribution in [3.63, 3.8) is 0 Å². The van der Waals surface area contributed by atoms with E-state index in [0.717, 1.165) is 11.6 Å². The Kier molecular flexibility index (Phi) is 6.29. The van der Waals surface area contributed by atoms with Crippen molar-refractivity contribution < 1.29 is 27.6 Å². The third kappa shape index (κ3) is 4.60. The lowest BCUT2D eigenvalue weighted by Gasteiger charge is -2.25. The Morgan fingerprint density at radius 2 is 1.30 bits per heavy atom. The summed E-state index contributed by atoms with van der Waals surface area (Å²) < 4.78 is 28.8. The minimum atomic E-state index is -4.12. The molecular weight excluding hydrogens is 492 g/mol. The summed E-state index contributed by atoms with van der Waals surface area (Å²) in [6.45, 7) is 0.0664. The summed E-state index contributed by atoms with van der Waals surface area (Å²) in [5.41, 5.74) is 1.33. The molecule has 5 rings (SSSR count). The molecule has 37 heavy (non-hydrogen) atoms. The molecule has 0 aliphatic carbocycles. The van der Waals surface area contributed by atoms with E-state index in [-0.39, 0.29) is 28.1 Å². The van der Waals surface area contributed by atoms with Crippen molar-refractivity contribution in [2.24, 2.45) is 0 Å². The second-order valence-electron chi connectivity index (χ2n) is 8.19. The Hall–Kier alpha value is -4.76. The second kappa shape index (κ2) is 9.71. The van der Waals surface area contributed by atoms with Crippen LogP contribution in [-0.2, 0) is 21.4 Å². The van der Waals surface area contributed by atoms with Gasteiger partial charge >= 0.3 is 5.97 Å². The number of benzene rings is 4. The number of carbonyl (C=O) groups is 3. The number of para-hydroxylation sites is 1. The van der Waals surface area contributed by atoms with Gasteiger partial charge in [0, 0.05) is 0 Å². The Balaban J connectivity index is 1.44. The molecule has 0 N–H and O–H groups in total. The maximum atomic E-state index is 13.8. The molecule has 1 heterocycles. The van der Waals surface area contributed by atoms with Gasteiger partial charge in [0.25, 0.3) is 21.8 Å². The number of hydroxylamine groups is 2. The van der Waals surface area contributed by atoms with Gasteiger partial charge in [0.2, 0.25) is 0 Å². The number of hydrogen-bond acceptors (Lipinski definition) is 6. The second-order valence-corrected chi connectivity index (χ2v) is 10.1. The molecular formula is C28H20N2O6S. The predicted octanol–water partition coefficient (Wildman–Crippen LogP) is 4.45. The van der Waals surface area contributed by atoms with E-state index in [1.54, 1.807) is 42.5 Å². The van der Waals surface area contributed by atoms with E-state index >= 15 is 0 Å². The summed E-state index contributed by atoms with van der Waals surface area (Å²) in [4.78, 5) is 42.9. The van der Waals surface area contributed by atoms with Gasteiger partial charge in [0.1, 0.15) is 0 Å². The molecule has 0 bridgehead atoms. The number of rotatable bonds is 7. The number of sulfonamides is 1. The smallest absolute Gasteiger partial charge is 0.324 e. The molecule has 8 nitrogen and oxygen atoms in total. The molecule has 1 aliphatic heterocycles. The van der Waals surface area contributed by atoms with Crippen molar-refractivity contribution in [2.75, 3.05) is 4.31 Å². The zero-order chi connectivity index (χ0) is 26.0. The molecule has 0 aromatic heterocycles. The maximum Gasteiger partial charge on any atom is 0.363 e. The van der Waals surface area contributed by atoms with Crippen LogP contribution in [0.15, 0.2) is 114 Å². The van der Waals surface area contributed by atoms with Gasteiger partial charge < -0.3 is 4.84 Å². The first-order chi connectivity index (χ1) is 17.9. The van der Waals surface area contributed by atoms with Crippen LogP contribution in [0.4, 0.5) is 5.69 Å². The quantitative estimate of drug-likeness (QED) is 0.339. The topological polar surface area (TPSA) is 101 Å². The van der Waals surface area contributed by atoms with Crippen molar-refractivity contribution in [2.45, 2.75) is 11.4 Å². The first-order valence-corrected chi connectivity index (χ1v) is 12.7. The number of anilines is 1. The van der Waals surface area contributed by atoms with Crippen LogP contribution in [0, 0.1) is 0 Å². The number of imide groups is 1. The van der Waals surface area contributed by atoms with Gasteiger partial charge in [-0.2, -0.15) is 0 Å². The minimum absolute atomic E-state index is 0.0664. The Morgan fingerprint density at radius 1 is 0.730 bits per heavy atom. The molecule has 0 saturated carbocycles. The first-order valence-electron chi connectivity index (χ1n) is 11.3. The van der Waals surface area contributed by atoms with Gasteiger partial charge in [0.05, 0.1) is 33.8 Å². The number of fused-ring (bicyclic) bond motifs is 1. The molecule has 4 aromatic carbocycles. The van der Waals surface area contributed by atoms with Crippen molar-refractivity contribution in [3.05, 3.63) is 131 Å². The molecule has 0 fully saturated rings. The van der Waals surface area contributed by atoms with Crippen molar-refractivity contribution in [3.8, 4) is 0 Å². The number of amides is 2. The third-order valence-electron chi connectivity index (χ3n) is 5.80. The highest BCUT2D eigenvalue weighted by atomic mass is 32.2. The van der Waals surface area contributed by atoms with E-state index in [1.165, 1.54) is 34.6 Å². The average molecular weight is 513 g/mol. The van der Waals surface area contributed by atoms with Crippen LogP contribution < -0.4 is 4.31 Å². The number of nitrogens with zero attached hydrogens (tertiary/aromatic N) is 2. The summed E-state index contributed by atoms with van der Waals surface area (Å²) in [6, 6.07) is 29.1. The Bertz CT molecular complexity index is 1570. The summed E-state index contributed by atoms with van der Waals surface area (Å²) in [7, 11) is -4.12. The molecule has 9 heteroatoms. The molecule has 0 saturated heterocycles. The Morgan fingerprint density at radius 3 is 1.92 bits per heavy atom. The molecule has 0 radical (unpaired) electrons. The number of hydrogen-bond donors (Lipinski definition) is 0. The zero-order valence-corrected chi connectivity index (χ0v) is 20.2.